The van der Waals surface area contributed by atoms with Crippen molar-refractivity contribution in [3.63, 3.8) is 0 Å². The Morgan fingerprint density at radius 2 is 1.36 bits per heavy atom. The zero-order valence-corrected chi connectivity index (χ0v) is 25.3. The Kier molecular flexibility index (Phi) is 23.1. The molecule has 42 heavy (non-hydrogen) atoms. The minimum absolute atomic E-state index is 0.112. The molecule has 0 bridgehead atoms. The van der Waals surface area contributed by atoms with Crippen LogP contribution in [-0.4, -0.2) is 69.4 Å². The van der Waals surface area contributed by atoms with E-state index in [0.717, 1.165) is 12.8 Å². The largest absolute Gasteiger partial charge is 0.480 e. The van der Waals surface area contributed by atoms with E-state index in [-0.39, 0.29) is 24.3 Å². The van der Waals surface area contributed by atoms with Gasteiger partial charge in [0, 0.05) is 12.2 Å². The fraction of sp³-hybridized carbons (Fsp3) is 0.567. The van der Waals surface area contributed by atoms with Crippen LogP contribution >= 0.6 is 12.6 Å². The van der Waals surface area contributed by atoms with E-state index in [2.05, 4.69) is 41.6 Å². The highest BCUT2D eigenvalue weighted by molar-refractivity contribution is 7.80. The maximum atomic E-state index is 12.2. The first-order valence-electron chi connectivity index (χ1n) is 14.4. The molecule has 0 rings (SSSR count). The number of carboxylic acids is 3. The van der Waals surface area contributed by atoms with Crippen molar-refractivity contribution >= 4 is 42.4 Å². The van der Waals surface area contributed by atoms with Gasteiger partial charge >= 0.3 is 17.9 Å². The minimum atomic E-state index is -1.39. The van der Waals surface area contributed by atoms with Gasteiger partial charge in [0.1, 0.15) is 24.3 Å². The Hall–Kier alpha value is -3.54. The third-order valence-corrected chi connectivity index (χ3v) is 6.45. The van der Waals surface area contributed by atoms with E-state index in [1.165, 1.54) is 63.5 Å². The van der Waals surface area contributed by atoms with E-state index < -0.39 is 48.4 Å². The summed E-state index contributed by atoms with van der Waals surface area (Å²) >= 11 is 3.96. The molecule has 236 valence electrons. The molecule has 0 heterocycles. The number of aliphatic carboxylic acids is 3. The van der Waals surface area contributed by atoms with Crippen molar-refractivity contribution in [2.75, 3.05) is 12.3 Å². The van der Waals surface area contributed by atoms with Gasteiger partial charge in [0.05, 0.1) is 0 Å². The monoisotopic (exact) mass is 609 g/mol. The molecule has 0 saturated heterocycles. The molecule has 6 N–H and O–H groups in total. The molecule has 0 fully saturated rings. The van der Waals surface area contributed by atoms with Crippen molar-refractivity contribution in [1.29, 1.82) is 0 Å². The van der Waals surface area contributed by atoms with Crippen molar-refractivity contribution in [3.05, 3.63) is 48.2 Å². The number of thiol groups is 1. The normalized spacial score (nSPS) is 13.3. The van der Waals surface area contributed by atoms with Crippen molar-refractivity contribution in [1.82, 2.24) is 16.0 Å². The van der Waals surface area contributed by atoms with Gasteiger partial charge in [0.25, 0.3) is 0 Å². The van der Waals surface area contributed by atoms with Crippen LogP contribution in [0.1, 0.15) is 84.0 Å². The number of hydrogen-bond donors (Lipinski definition) is 7. The third kappa shape index (κ3) is 21.2. The molecule has 0 unspecified atom stereocenters. The van der Waals surface area contributed by atoms with Crippen LogP contribution < -0.4 is 16.0 Å². The van der Waals surface area contributed by atoms with Crippen molar-refractivity contribution in [2.45, 2.75) is 96.1 Å². The third-order valence-electron chi connectivity index (χ3n) is 6.08. The standard InChI is InChI=1S/C30H47N3O8S/c1-2-3-4-5-6-7-8-9-10-11-12-13-14-15-16-17-18-23(29(38)39)32-24(30(40)41)19-20-26(34)33-25(22-42)28(37)31-21-27(35)36/h12-18,24-25,32,42H,2-11,19-22H2,1H3,(H,31,37)(H,33,34)(H,35,36)(H,38,39)(H,40,41)/t24-,25-/m0/s1. The maximum Gasteiger partial charge on any atom is 0.351 e. The molecule has 0 aromatic carbocycles. The fourth-order valence-corrected chi connectivity index (χ4v) is 4.00. The quantitative estimate of drug-likeness (QED) is 0.0348. The zero-order valence-electron chi connectivity index (χ0n) is 24.4. The molecule has 0 aliphatic heterocycles. The Morgan fingerprint density at radius 3 is 1.93 bits per heavy atom. The molecule has 0 spiro atoms. The predicted molar refractivity (Wildman–Crippen MR) is 165 cm³/mol. The second-order valence-corrected chi connectivity index (χ2v) is 10.1. The molecule has 11 nitrogen and oxygen atoms in total. The number of carboxylic acid groups (broad SMARTS) is 3. The molecule has 0 aliphatic carbocycles. The highest BCUT2D eigenvalue weighted by atomic mass is 32.1. The summed E-state index contributed by atoms with van der Waals surface area (Å²) in [5, 5.41) is 34.5. The van der Waals surface area contributed by atoms with E-state index >= 15 is 0 Å². The van der Waals surface area contributed by atoms with Crippen LogP contribution in [0.4, 0.5) is 0 Å². The van der Waals surface area contributed by atoms with Gasteiger partial charge < -0.3 is 31.3 Å². The van der Waals surface area contributed by atoms with Gasteiger partial charge in [-0.25, -0.2) is 9.59 Å². The number of rotatable bonds is 25. The van der Waals surface area contributed by atoms with Crippen LogP contribution in [0.3, 0.4) is 0 Å². The van der Waals surface area contributed by atoms with Crippen LogP contribution in [0, 0.1) is 0 Å². The first-order chi connectivity index (χ1) is 20.1. The SMILES string of the molecule is CCCCCCCCCCCC=CC=CC=CC=C(N[C@@H](CCC(=O)N[C@@H](CS)C(=O)NCC(=O)O)C(=O)O)C(=O)O. The molecule has 2 atom stereocenters. The summed E-state index contributed by atoms with van der Waals surface area (Å²) in [5.74, 6) is -5.53. The van der Waals surface area contributed by atoms with Gasteiger partial charge in [-0.05, 0) is 25.3 Å². The molecule has 0 aliphatic rings. The second kappa shape index (κ2) is 25.2. The van der Waals surface area contributed by atoms with Crippen molar-refractivity contribution in [3.8, 4) is 0 Å². The smallest absolute Gasteiger partial charge is 0.351 e. The second-order valence-electron chi connectivity index (χ2n) is 9.69. The number of nitrogens with one attached hydrogen (secondary N) is 3. The average molecular weight is 610 g/mol. The molecular weight excluding hydrogens is 562 g/mol. The summed E-state index contributed by atoms with van der Waals surface area (Å²) in [6.07, 6.45) is 23.8. The Bertz CT molecular complexity index is 962. The summed E-state index contributed by atoms with van der Waals surface area (Å²) in [5.41, 5.74) is -0.366. The van der Waals surface area contributed by atoms with E-state index in [1.807, 2.05) is 12.2 Å². The van der Waals surface area contributed by atoms with Gasteiger partial charge in [-0.15, -0.1) is 0 Å². The number of hydrogen-bond acceptors (Lipinski definition) is 7. The summed E-state index contributed by atoms with van der Waals surface area (Å²) in [6.45, 7) is 1.59. The molecule has 0 radical (unpaired) electrons. The minimum Gasteiger partial charge on any atom is -0.480 e. The molecule has 0 aromatic heterocycles. The first-order valence-corrected chi connectivity index (χ1v) is 15.1. The van der Waals surface area contributed by atoms with Crippen molar-refractivity contribution in [2.24, 2.45) is 0 Å². The summed E-state index contributed by atoms with van der Waals surface area (Å²) in [4.78, 5) is 58.0. The number of carbonyl (C=O) groups excluding carboxylic acids is 2. The Balaban J connectivity index is 4.62. The van der Waals surface area contributed by atoms with Gasteiger partial charge in [-0.3, -0.25) is 14.4 Å². The average Bonchev–Trinajstić information content (AvgIpc) is 2.94. The zero-order chi connectivity index (χ0) is 31.6. The lowest BCUT2D eigenvalue weighted by Crippen LogP contribution is -2.49. The molecular formula is C30H47N3O8S. The number of carbonyl (C=O) groups is 5. The summed E-state index contributed by atoms with van der Waals surface area (Å²) in [6, 6.07) is -2.50. The van der Waals surface area contributed by atoms with Gasteiger partial charge in [0.2, 0.25) is 11.8 Å². The maximum absolute atomic E-state index is 12.2. The molecule has 0 saturated carbocycles. The lowest BCUT2D eigenvalue weighted by atomic mass is 10.1. The number of amides is 2. The first kappa shape index (κ1) is 38.5. The molecule has 0 aromatic rings. The van der Waals surface area contributed by atoms with Crippen molar-refractivity contribution < 1.29 is 39.3 Å². The highest BCUT2D eigenvalue weighted by Crippen LogP contribution is 2.10. The van der Waals surface area contributed by atoms with Crippen LogP contribution in [0.25, 0.3) is 0 Å². The van der Waals surface area contributed by atoms with Gasteiger partial charge in [-0.2, -0.15) is 12.6 Å². The number of unbranched alkanes of at least 4 members (excludes halogenated alkanes) is 9. The van der Waals surface area contributed by atoms with Crippen LogP contribution in [0.2, 0.25) is 0 Å². The number of allylic oxidation sites excluding steroid dienone is 7. The Morgan fingerprint density at radius 1 is 0.762 bits per heavy atom. The predicted octanol–water partition coefficient (Wildman–Crippen LogP) is 3.98. The lowest BCUT2D eigenvalue weighted by molar-refractivity contribution is -0.140. The van der Waals surface area contributed by atoms with Crippen LogP contribution in [0.15, 0.2) is 48.2 Å². The molecule has 2 amide bonds. The fourth-order valence-electron chi connectivity index (χ4n) is 3.74. The van der Waals surface area contributed by atoms with E-state index in [1.54, 1.807) is 12.2 Å². The van der Waals surface area contributed by atoms with Gasteiger partial charge in [-0.1, -0.05) is 94.7 Å². The van der Waals surface area contributed by atoms with Gasteiger partial charge in [0.15, 0.2) is 0 Å². The molecule has 12 heteroatoms. The lowest BCUT2D eigenvalue weighted by Gasteiger charge is -2.18. The topological polar surface area (TPSA) is 182 Å². The van der Waals surface area contributed by atoms with E-state index in [4.69, 9.17) is 5.11 Å². The summed E-state index contributed by atoms with van der Waals surface area (Å²) in [7, 11) is 0. The Labute approximate surface area is 254 Å². The van der Waals surface area contributed by atoms with Crippen LogP contribution in [0.5, 0.6) is 0 Å². The van der Waals surface area contributed by atoms with E-state index in [9.17, 15) is 34.2 Å². The van der Waals surface area contributed by atoms with Crippen LogP contribution in [-0.2, 0) is 24.0 Å². The summed E-state index contributed by atoms with van der Waals surface area (Å²) < 4.78 is 0. The van der Waals surface area contributed by atoms with E-state index in [0.29, 0.717) is 0 Å². The highest BCUT2D eigenvalue weighted by Gasteiger charge is 2.24.